The van der Waals surface area contributed by atoms with Crippen LogP contribution in [0.15, 0.2) is 49.2 Å². The summed E-state index contributed by atoms with van der Waals surface area (Å²) in [5.74, 6) is 0.941. The molecule has 0 fully saturated rings. The molecule has 0 unspecified atom stereocenters. The number of rotatable bonds is 3. The molecule has 0 radical (unpaired) electrons. The Bertz CT molecular complexity index is 496. The first-order valence-corrected chi connectivity index (χ1v) is 6.52. The molecule has 0 aliphatic rings. The molecule has 0 saturated heterocycles. The van der Waals surface area contributed by atoms with E-state index < -0.39 is 0 Å². The van der Waals surface area contributed by atoms with Crippen molar-refractivity contribution in [1.82, 2.24) is 0 Å². The van der Waals surface area contributed by atoms with Crippen LogP contribution in [0.4, 0.5) is 0 Å². The van der Waals surface area contributed by atoms with Gasteiger partial charge in [0.2, 0.25) is 0 Å². The zero-order valence-electron chi connectivity index (χ0n) is 8.87. The molecule has 2 N–H and O–H groups in total. The van der Waals surface area contributed by atoms with E-state index in [0.29, 0.717) is 6.54 Å². The number of hydrogen-bond acceptors (Lipinski definition) is 3. The Balaban J connectivity index is 2.31. The molecule has 2 nitrogen and oxygen atoms in total. The van der Waals surface area contributed by atoms with Crippen molar-refractivity contribution in [2.24, 2.45) is 5.73 Å². The maximum Gasteiger partial charge on any atom is 0.114 e. The molecule has 0 amide bonds. The fraction of sp³-hybridized carbons (Fsp3) is 0.167. The van der Waals surface area contributed by atoms with Gasteiger partial charge in [-0.2, -0.15) is 0 Å². The molecule has 1 heterocycles. The number of nitrogens with two attached hydrogens (primary N) is 1. The molecular formula is C12H12BrNOS. The van der Waals surface area contributed by atoms with E-state index in [-0.39, 0.29) is 0 Å². The predicted molar refractivity (Wildman–Crippen MR) is 69.6 cm³/mol. The van der Waals surface area contributed by atoms with E-state index in [0.717, 1.165) is 20.7 Å². The van der Waals surface area contributed by atoms with Gasteiger partial charge in [0.1, 0.15) is 5.76 Å². The maximum atomic E-state index is 5.73. The Kier molecular flexibility index (Phi) is 3.74. The van der Waals surface area contributed by atoms with Gasteiger partial charge in [0.05, 0.1) is 11.2 Å². The van der Waals surface area contributed by atoms with Gasteiger partial charge < -0.3 is 10.2 Å². The van der Waals surface area contributed by atoms with Gasteiger partial charge in [-0.3, -0.25) is 0 Å². The molecule has 0 atom stereocenters. The third-order valence-electron chi connectivity index (χ3n) is 2.27. The van der Waals surface area contributed by atoms with Crippen molar-refractivity contribution < 1.29 is 4.42 Å². The molecule has 16 heavy (non-hydrogen) atoms. The van der Waals surface area contributed by atoms with E-state index >= 15 is 0 Å². The second kappa shape index (κ2) is 5.08. The highest BCUT2D eigenvalue weighted by Gasteiger charge is 2.07. The van der Waals surface area contributed by atoms with Crippen molar-refractivity contribution in [2.75, 3.05) is 0 Å². The smallest absolute Gasteiger partial charge is 0.114 e. The molecule has 0 spiro atoms. The van der Waals surface area contributed by atoms with E-state index in [1.807, 2.05) is 19.1 Å². The van der Waals surface area contributed by atoms with Crippen molar-refractivity contribution in [2.45, 2.75) is 23.3 Å². The van der Waals surface area contributed by atoms with Crippen LogP contribution in [0.5, 0.6) is 0 Å². The lowest BCUT2D eigenvalue weighted by molar-refractivity contribution is 0.527. The summed E-state index contributed by atoms with van der Waals surface area (Å²) in [6.07, 6.45) is 1.71. The van der Waals surface area contributed by atoms with Crippen LogP contribution in [0.3, 0.4) is 0 Å². The summed E-state index contributed by atoms with van der Waals surface area (Å²) in [5, 5.41) is 0. The lowest BCUT2D eigenvalue weighted by Gasteiger charge is -2.07. The van der Waals surface area contributed by atoms with Crippen molar-refractivity contribution in [3.05, 3.63) is 46.3 Å². The van der Waals surface area contributed by atoms with Crippen LogP contribution >= 0.6 is 27.7 Å². The number of aryl methyl sites for hydroxylation is 1. The highest BCUT2D eigenvalue weighted by Crippen LogP contribution is 2.34. The molecule has 2 rings (SSSR count). The highest BCUT2D eigenvalue weighted by atomic mass is 79.9. The Morgan fingerprint density at radius 1 is 1.31 bits per heavy atom. The van der Waals surface area contributed by atoms with Gasteiger partial charge in [-0.05, 0) is 36.8 Å². The van der Waals surface area contributed by atoms with E-state index in [1.165, 1.54) is 4.90 Å². The Labute approximate surface area is 107 Å². The average Bonchev–Trinajstić information content (AvgIpc) is 2.67. The monoisotopic (exact) mass is 297 g/mol. The summed E-state index contributed by atoms with van der Waals surface area (Å²) < 4.78 is 6.33. The molecule has 1 aromatic carbocycles. The summed E-state index contributed by atoms with van der Waals surface area (Å²) in [4.78, 5) is 2.31. The van der Waals surface area contributed by atoms with Crippen LogP contribution < -0.4 is 5.73 Å². The lowest BCUT2D eigenvalue weighted by atomic mass is 10.2. The van der Waals surface area contributed by atoms with Gasteiger partial charge in [0.25, 0.3) is 0 Å². The van der Waals surface area contributed by atoms with Crippen LogP contribution in [0.2, 0.25) is 0 Å². The lowest BCUT2D eigenvalue weighted by Crippen LogP contribution is -1.98. The standard InChI is InChI=1S/C12H12BrNOS/c1-8-11(4-5-15-8)16-12-3-2-10(13)6-9(12)7-14/h2-6H,7,14H2,1H3. The van der Waals surface area contributed by atoms with Crippen LogP contribution in [0, 0.1) is 6.92 Å². The molecule has 84 valence electrons. The largest absolute Gasteiger partial charge is 0.468 e. The van der Waals surface area contributed by atoms with Crippen LogP contribution in [-0.2, 0) is 6.54 Å². The molecule has 1 aromatic heterocycles. The van der Waals surface area contributed by atoms with Crippen LogP contribution in [-0.4, -0.2) is 0 Å². The average molecular weight is 298 g/mol. The van der Waals surface area contributed by atoms with Gasteiger partial charge in [0, 0.05) is 15.9 Å². The summed E-state index contributed by atoms with van der Waals surface area (Å²) in [6.45, 7) is 2.50. The second-order valence-corrected chi connectivity index (χ2v) is 5.40. The SMILES string of the molecule is Cc1occc1Sc1ccc(Br)cc1CN. The van der Waals surface area contributed by atoms with Gasteiger partial charge in [-0.15, -0.1) is 0 Å². The van der Waals surface area contributed by atoms with Gasteiger partial charge >= 0.3 is 0 Å². The summed E-state index contributed by atoms with van der Waals surface area (Å²) >= 11 is 5.13. The zero-order valence-corrected chi connectivity index (χ0v) is 11.3. The fourth-order valence-electron chi connectivity index (χ4n) is 1.40. The Morgan fingerprint density at radius 2 is 2.12 bits per heavy atom. The minimum absolute atomic E-state index is 0.540. The molecular weight excluding hydrogens is 286 g/mol. The predicted octanol–water partition coefficient (Wildman–Crippen LogP) is 3.96. The molecule has 0 saturated carbocycles. The normalized spacial score (nSPS) is 10.7. The van der Waals surface area contributed by atoms with Gasteiger partial charge in [-0.1, -0.05) is 27.7 Å². The first-order chi connectivity index (χ1) is 7.70. The number of furan rings is 1. The minimum atomic E-state index is 0.540. The molecule has 0 aliphatic heterocycles. The van der Waals surface area contributed by atoms with Crippen molar-refractivity contribution in [3.8, 4) is 0 Å². The molecule has 2 aromatic rings. The van der Waals surface area contributed by atoms with Crippen LogP contribution in [0.1, 0.15) is 11.3 Å². The fourth-order valence-corrected chi connectivity index (χ4v) is 2.78. The van der Waals surface area contributed by atoms with E-state index in [1.54, 1.807) is 18.0 Å². The Hall–Kier alpha value is -0.710. The summed E-state index contributed by atoms with van der Waals surface area (Å²) in [5.41, 5.74) is 6.87. The third-order valence-corrected chi connectivity index (χ3v) is 4.03. The third kappa shape index (κ3) is 2.51. The Morgan fingerprint density at radius 3 is 2.75 bits per heavy atom. The van der Waals surface area contributed by atoms with Crippen molar-refractivity contribution in [1.29, 1.82) is 0 Å². The summed E-state index contributed by atoms with van der Waals surface area (Å²) in [7, 11) is 0. The summed E-state index contributed by atoms with van der Waals surface area (Å²) in [6, 6.07) is 8.13. The van der Waals surface area contributed by atoms with Gasteiger partial charge in [-0.25, -0.2) is 0 Å². The quantitative estimate of drug-likeness (QED) is 0.932. The second-order valence-electron chi connectivity index (χ2n) is 3.40. The van der Waals surface area contributed by atoms with Crippen molar-refractivity contribution >= 4 is 27.7 Å². The number of benzene rings is 1. The van der Waals surface area contributed by atoms with Gasteiger partial charge in [0.15, 0.2) is 0 Å². The first-order valence-electron chi connectivity index (χ1n) is 4.91. The minimum Gasteiger partial charge on any atom is -0.468 e. The van der Waals surface area contributed by atoms with Crippen LogP contribution in [0.25, 0.3) is 0 Å². The number of hydrogen-bond donors (Lipinski definition) is 1. The molecule has 0 aliphatic carbocycles. The number of halogens is 1. The molecule has 4 heteroatoms. The molecule has 0 bridgehead atoms. The highest BCUT2D eigenvalue weighted by molar-refractivity contribution is 9.10. The first kappa shape index (κ1) is 11.8. The zero-order chi connectivity index (χ0) is 11.5. The topological polar surface area (TPSA) is 39.2 Å². The maximum absolute atomic E-state index is 5.73. The van der Waals surface area contributed by atoms with E-state index in [2.05, 4.69) is 28.1 Å². The van der Waals surface area contributed by atoms with E-state index in [4.69, 9.17) is 10.2 Å². The van der Waals surface area contributed by atoms with E-state index in [9.17, 15) is 0 Å². The van der Waals surface area contributed by atoms with Crippen molar-refractivity contribution in [3.63, 3.8) is 0 Å².